The lowest BCUT2D eigenvalue weighted by atomic mass is 10.1. The highest BCUT2D eigenvalue weighted by atomic mass is 32.1. The quantitative estimate of drug-likeness (QED) is 0.839. The molecule has 1 N–H and O–H groups in total. The third-order valence-corrected chi connectivity index (χ3v) is 3.32. The van der Waals surface area contributed by atoms with Crippen molar-refractivity contribution in [3.63, 3.8) is 0 Å². The van der Waals surface area contributed by atoms with Crippen LogP contribution in [0.3, 0.4) is 0 Å². The highest BCUT2D eigenvalue weighted by molar-refractivity contribution is 7.80. The second-order valence-electron chi connectivity index (χ2n) is 4.61. The molecule has 4 heteroatoms. The molecule has 0 aliphatic rings. The van der Waals surface area contributed by atoms with Gasteiger partial charge in [0.05, 0.1) is 6.04 Å². The third-order valence-electron chi connectivity index (χ3n) is 3.02. The summed E-state index contributed by atoms with van der Waals surface area (Å²) < 4.78 is 5.48. The molecule has 1 amide bonds. The molecule has 0 aliphatic carbocycles. The molecule has 1 atom stereocenters. The van der Waals surface area contributed by atoms with E-state index in [2.05, 4.69) is 17.9 Å². The number of amides is 1. The minimum absolute atomic E-state index is 0.0828. The summed E-state index contributed by atoms with van der Waals surface area (Å²) in [5.41, 5.74) is 1.64. The molecule has 0 saturated heterocycles. The number of thiol groups is 1. The number of hydrogen-bond acceptors (Lipinski definition) is 3. The Hall–Kier alpha value is -1.68. The number of nitrogens with one attached hydrogen (secondary N) is 1. The van der Waals surface area contributed by atoms with Crippen LogP contribution in [0.1, 0.15) is 40.4 Å². The molecule has 3 nitrogen and oxygen atoms in total. The zero-order valence-electron chi connectivity index (χ0n) is 11.2. The Morgan fingerprint density at radius 2 is 1.89 bits per heavy atom. The number of carbonyl (C=O) groups excluding carboxylic acids is 1. The highest BCUT2D eigenvalue weighted by Gasteiger charge is 2.15. The Morgan fingerprint density at radius 3 is 2.42 bits per heavy atom. The highest BCUT2D eigenvalue weighted by Crippen LogP contribution is 2.21. The summed E-state index contributed by atoms with van der Waals surface area (Å²) in [7, 11) is 0. The predicted molar refractivity (Wildman–Crippen MR) is 77.8 cm³/mol. The monoisotopic (exact) mass is 275 g/mol. The SMILES string of the molecule is Cc1cc(C(C)NC(=O)c2ccc(S)cc2)c(C)o1. The van der Waals surface area contributed by atoms with Crippen molar-refractivity contribution in [2.24, 2.45) is 0 Å². The second kappa shape index (κ2) is 5.53. The maximum absolute atomic E-state index is 12.1. The topological polar surface area (TPSA) is 42.2 Å². The van der Waals surface area contributed by atoms with Crippen molar-refractivity contribution in [1.29, 1.82) is 0 Å². The van der Waals surface area contributed by atoms with E-state index in [1.165, 1.54) is 0 Å². The summed E-state index contributed by atoms with van der Waals surface area (Å²) in [5.74, 6) is 1.60. The van der Waals surface area contributed by atoms with Crippen LogP contribution >= 0.6 is 12.6 Å². The van der Waals surface area contributed by atoms with Crippen LogP contribution in [0, 0.1) is 13.8 Å². The Kier molecular flexibility index (Phi) is 4.00. The van der Waals surface area contributed by atoms with Gasteiger partial charge in [0.15, 0.2) is 0 Å². The van der Waals surface area contributed by atoms with Crippen LogP contribution in [0.5, 0.6) is 0 Å². The first-order valence-corrected chi connectivity index (χ1v) is 6.59. The fourth-order valence-electron chi connectivity index (χ4n) is 2.05. The van der Waals surface area contributed by atoms with E-state index in [1.54, 1.807) is 24.3 Å². The van der Waals surface area contributed by atoms with Crippen LogP contribution < -0.4 is 5.32 Å². The van der Waals surface area contributed by atoms with E-state index in [4.69, 9.17) is 4.42 Å². The summed E-state index contributed by atoms with van der Waals surface area (Å²) in [6.07, 6.45) is 0. The van der Waals surface area contributed by atoms with Crippen molar-refractivity contribution in [2.75, 3.05) is 0 Å². The average molecular weight is 275 g/mol. The number of aryl methyl sites for hydroxylation is 2. The van der Waals surface area contributed by atoms with Gasteiger partial charge in [-0.1, -0.05) is 0 Å². The van der Waals surface area contributed by atoms with Crippen molar-refractivity contribution in [3.8, 4) is 0 Å². The largest absolute Gasteiger partial charge is 0.466 e. The normalized spacial score (nSPS) is 12.2. The molecule has 0 fully saturated rings. The van der Waals surface area contributed by atoms with Crippen molar-refractivity contribution in [3.05, 3.63) is 53.0 Å². The van der Waals surface area contributed by atoms with Crippen molar-refractivity contribution in [2.45, 2.75) is 31.7 Å². The molecule has 0 saturated carbocycles. The number of carbonyl (C=O) groups is 1. The molecule has 2 rings (SSSR count). The van der Waals surface area contributed by atoms with Crippen molar-refractivity contribution >= 4 is 18.5 Å². The van der Waals surface area contributed by atoms with Crippen LogP contribution in [0.2, 0.25) is 0 Å². The van der Waals surface area contributed by atoms with Gasteiger partial charge in [0.25, 0.3) is 5.91 Å². The Morgan fingerprint density at radius 1 is 1.26 bits per heavy atom. The number of rotatable bonds is 3. The number of benzene rings is 1. The lowest BCUT2D eigenvalue weighted by Crippen LogP contribution is -2.26. The standard InChI is InChI=1S/C15H17NO2S/c1-9-8-14(11(3)18-9)10(2)16-15(17)12-4-6-13(19)7-5-12/h4-8,10,19H,1-3H3,(H,16,17). The molecule has 100 valence electrons. The van der Waals surface area contributed by atoms with Gasteiger partial charge >= 0.3 is 0 Å². The summed E-state index contributed by atoms with van der Waals surface area (Å²) in [6.45, 7) is 5.75. The number of furan rings is 1. The minimum Gasteiger partial charge on any atom is -0.466 e. The average Bonchev–Trinajstić information content (AvgIpc) is 2.69. The van der Waals surface area contributed by atoms with Gasteiger partial charge < -0.3 is 9.73 Å². The fourth-order valence-corrected chi connectivity index (χ4v) is 2.20. The molecule has 1 aromatic carbocycles. The van der Waals surface area contributed by atoms with Gasteiger partial charge in [0.1, 0.15) is 11.5 Å². The van der Waals surface area contributed by atoms with Gasteiger partial charge in [-0.15, -0.1) is 12.6 Å². The van der Waals surface area contributed by atoms with E-state index >= 15 is 0 Å². The summed E-state index contributed by atoms with van der Waals surface area (Å²) in [4.78, 5) is 12.9. The lowest BCUT2D eigenvalue weighted by molar-refractivity contribution is 0.0939. The smallest absolute Gasteiger partial charge is 0.251 e. The van der Waals surface area contributed by atoms with Crippen LogP contribution in [0.4, 0.5) is 0 Å². The van der Waals surface area contributed by atoms with E-state index in [1.807, 2.05) is 26.8 Å². The van der Waals surface area contributed by atoms with E-state index < -0.39 is 0 Å². The predicted octanol–water partition coefficient (Wildman–Crippen LogP) is 3.68. The van der Waals surface area contributed by atoms with E-state index in [9.17, 15) is 4.79 Å². The van der Waals surface area contributed by atoms with Gasteiger partial charge in [0.2, 0.25) is 0 Å². The molecule has 1 aromatic heterocycles. The van der Waals surface area contributed by atoms with Crippen molar-refractivity contribution in [1.82, 2.24) is 5.32 Å². The van der Waals surface area contributed by atoms with Crippen LogP contribution in [0.25, 0.3) is 0 Å². The van der Waals surface area contributed by atoms with Crippen LogP contribution in [-0.4, -0.2) is 5.91 Å². The molecule has 1 heterocycles. The van der Waals surface area contributed by atoms with Gasteiger partial charge in [-0.3, -0.25) is 4.79 Å². The Labute approximate surface area is 118 Å². The first-order chi connectivity index (χ1) is 8.97. The zero-order valence-corrected chi connectivity index (χ0v) is 12.1. The van der Waals surface area contributed by atoms with E-state index in [0.717, 1.165) is 22.0 Å². The minimum atomic E-state index is -0.0981. The van der Waals surface area contributed by atoms with Crippen LogP contribution in [-0.2, 0) is 0 Å². The summed E-state index contributed by atoms with van der Waals surface area (Å²) in [6, 6.07) is 9.00. The van der Waals surface area contributed by atoms with Crippen LogP contribution in [0.15, 0.2) is 39.6 Å². The summed E-state index contributed by atoms with van der Waals surface area (Å²) in [5, 5.41) is 2.96. The Bertz CT molecular complexity index is 587. The lowest BCUT2D eigenvalue weighted by Gasteiger charge is -2.13. The molecule has 19 heavy (non-hydrogen) atoms. The third kappa shape index (κ3) is 3.20. The first-order valence-electron chi connectivity index (χ1n) is 6.14. The van der Waals surface area contributed by atoms with Gasteiger partial charge in [0, 0.05) is 16.0 Å². The van der Waals surface area contributed by atoms with Gasteiger partial charge in [-0.25, -0.2) is 0 Å². The number of hydrogen-bond donors (Lipinski definition) is 2. The Balaban J connectivity index is 2.10. The molecule has 0 spiro atoms. The molecule has 2 aromatic rings. The zero-order chi connectivity index (χ0) is 14.0. The molecule has 0 aliphatic heterocycles. The van der Waals surface area contributed by atoms with Crippen molar-refractivity contribution < 1.29 is 9.21 Å². The van der Waals surface area contributed by atoms with E-state index in [0.29, 0.717) is 5.56 Å². The molecule has 0 bridgehead atoms. The summed E-state index contributed by atoms with van der Waals surface area (Å²) >= 11 is 4.20. The molecule has 1 unspecified atom stereocenters. The molecular weight excluding hydrogens is 258 g/mol. The van der Waals surface area contributed by atoms with Gasteiger partial charge in [-0.2, -0.15) is 0 Å². The molecular formula is C15H17NO2S. The maximum atomic E-state index is 12.1. The maximum Gasteiger partial charge on any atom is 0.251 e. The second-order valence-corrected chi connectivity index (χ2v) is 5.13. The van der Waals surface area contributed by atoms with Gasteiger partial charge in [-0.05, 0) is 51.1 Å². The first kappa shape index (κ1) is 13.7. The fraction of sp³-hybridized carbons (Fsp3) is 0.267. The van der Waals surface area contributed by atoms with E-state index in [-0.39, 0.29) is 11.9 Å². The molecule has 0 radical (unpaired) electrons.